The molecule has 1 aliphatic heterocycles. The average Bonchev–Trinajstić information content (AvgIpc) is 2.15. The number of aliphatic imine (C=N–C) groups is 1. The maximum atomic E-state index is 4.25. The lowest BCUT2D eigenvalue weighted by Gasteiger charge is -1.86. The van der Waals surface area contributed by atoms with Crippen LogP contribution in [0.25, 0.3) is 0 Å². The summed E-state index contributed by atoms with van der Waals surface area (Å²) in [7, 11) is 0. The summed E-state index contributed by atoms with van der Waals surface area (Å²) in [5.74, 6) is 0. The van der Waals surface area contributed by atoms with Gasteiger partial charge in [-0.3, -0.25) is 4.99 Å². The molecule has 2 rings (SSSR count). The topological polar surface area (TPSA) is 12.4 Å². The van der Waals surface area contributed by atoms with Crippen LogP contribution in [0.1, 0.15) is 25.7 Å². The molecule has 8 heavy (non-hydrogen) atoms. The molecule has 0 bridgehead atoms. The molecular formula is C7H9N. The zero-order chi connectivity index (χ0) is 5.40. The minimum atomic E-state index is 1.15. The van der Waals surface area contributed by atoms with E-state index in [1.807, 2.05) is 6.21 Å². The van der Waals surface area contributed by atoms with Gasteiger partial charge in [-0.1, -0.05) is 0 Å². The molecule has 1 aliphatic carbocycles. The summed E-state index contributed by atoms with van der Waals surface area (Å²) in [5.41, 5.74) is 3.00. The molecule has 1 heteroatoms. The highest BCUT2D eigenvalue weighted by Gasteiger charge is 2.15. The van der Waals surface area contributed by atoms with Crippen LogP contribution in [0.3, 0.4) is 0 Å². The van der Waals surface area contributed by atoms with E-state index in [4.69, 9.17) is 0 Å². The Morgan fingerprint density at radius 3 is 3.25 bits per heavy atom. The lowest BCUT2D eigenvalue weighted by Crippen LogP contribution is -1.72. The Hall–Kier alpha value is -0.590. The first kappa shape index (κ1) is 4.30. The lowest BCUT2D eigenvalue weighted by molar-refractivity contribution is 0.878. The number of allylic oxidation sites excluding steroid dienone is 2. The smallest absolute Gasteiger partial charge is 0.0395 e. The van der Waals surface area contributed by atoms with Gasteiger partial charge in [0.25, 0.3) is 0 Å². The molecule has 1 nitrogen and oxygen atoms in total. The molecule has 0 aromatic heterocycles. The molecule has 0 spiro atoms. The lowest BCUT2D eigenvalue weighted by atomic mass is 10.2. The normalized spacial score (nSPS) is 25.0. The van der Waals surface area contributed by atoms with E-state index in [9.17, 15) is 0 Å². The summed E-state index contributed by atoms with van der Waals surface area (Å²) in [6.45, 7) is 0. The van der Waals surface area contributed by atoms with Gasteiger partial charge in [0.05, 0.1) is 0 Å². The molecule has 1 heterocycles. The zero-order valence-corrected chi connectivity index (χ0v) is 4.85. The van der Waals surface area contributed by atoms with Gasteiger partial charge in [0.15, 0.2) is 0 Å². The Bertz CT molecular complexity index is 165. The van der Waals surface area contributed by atoms with Crippen LogP contribution in [0.4, 0.5) is 0 Å². The van der Waals surface area contributed by atoms with Crippen molar-refractivity contribution in [2.75, 3.05) is 0 Å². The summed E-state index contributed by atoms with van der Waals surface area (Å²) < 4.78 is 0. The number of hydrogen-bond acceptors (Lipinski definition) is 1. The second-order valence-corrected chi connectivity index (χ2v) is 2.42. The van der Waals surface area contributed by atoms with E-state index in [2.05, 4.69) is 4.99 Å². The van der Waals surface area contributed by atoms with Crippen molar-refractivity contribution >= 4 is 6.21 Å². The summed E-state index contributed by atoms with van der Waals surface area (Å²) in [6.07, 6.45) is 7.09. The molecule has 0 saturated carbocycles. The fourth-order valence-corrected chi connectivity index (χ4v) is 1.43. The van der Waals surface area contributed by atoms with Gasteiger partial charge in [0.2, 0.25) is 0 Å². The summed E-state index contributed by atoms with van der Waals surface area (Å²) in [4.78, 5) is 4.25. The van der Waals surface area contributed by atoms with Crippen molar-refractivity contribution in [3.05, 3.63) is 11.3 Å². The maximum Gasteiger partial charge on any atom is 0.0395 e. The second-order valence-electron chi connectivity index (χ2n) is 2.42. The SMILES string of the molecule is C1=NC2=C(C1)CCC2. The van der Waals surface area contributed by atoms with Gasteiger partial charge in [-0.15, -0.1) is 0 Å². The first-order valence-corrected chi connectivity index (χ1v) is 3.20. The molecule has 0 N–H and O–H groups in total. The van der Waals surface area contributed by atoms with E-state index in [1.54, 1.807) is 5.57 Å². The van der Waals surface area contributed by atoms with Gasteiger partial charge in [-0.2, -0.15) is 0 Å². The third kappa shape index (κ3) is 0.443. The van der Waals surface area contributed by atoms with Crippen LogP contribution in [0, 0.1) is 0 Å². The largest absolute Gasteiger partial charge is 0.265 e. The van der Waals surface area contributed by atoms with Gasteiger partial charge in [0.1, 0.15) is 0 Å². The minimum Gasteiger partial charge on any atom is -0.265 e. The van der Waals surface area contributed by atoms with E-state index in [0.717, 1.165) is 6.42 Å². The third-order valence-corrected chi connectivity index (χ3v) is 1.89. The molecule has 0 unspecified atom stereocenters. The van der Waals surface area contributed by atoms with Crippen molar-refractivity contribution in [1.29, 1.82) is 0 Å². The standard InChI is InChI=1S/C7H9N/c1-2-6-4-5-8-7(6)3-1/h5H,1-4H2. The van der Waals surface area contributed by atoms with Crippen LogP contribution in [0.5, 0.6) is 0 Å². The molecule has 0 fully saturated rings. The van der Waals surface area contributed by atoms with Crippen LogP contribution in [0.2, 0.25) is 0 Å². The van der Waals surface area contributed by atoms with E-state index >= 15 is 0 Å². The highest BCUT2D eigenvalue weighted by molar-refractivity contribution is 5.67. The Morgan fingerprint density at radius 1 is 1.38 bits per heavy atom. The number of nitrogens with zero attached hydrogens (tertiary/aromatic N) is 1. The third-order valence-electron chi connectivity index (χ3n) is 1.89. The van der Waals surface area contributed by atoms with Gasteiger partial charge >= 0.3 is 0 Å². The molecule has 0 atom stereocenters. The fraction of sp³-hybridized carbons (Fsp3) is 0.571. The van der Waals surface area contributed by atoms with E-state index in [1.165, 1.54) is 25.0 Å². The summed E-state index contributed by atoms with van der Waals surface area (Å²) in [6, 6.07) is 0. The molecule has 2 aliphatic rings. The van der Waals surface area contributed by atoms with Crippen LogP contribution < -0.4 is 0 Å². The van der Waals surface area contributed by atoms with Crippen LogP contribution in [-0.2, 0) is 0 Å². The van der Waals surface area contributed by atoms with Gasteiger partial charge in [0, 0.05) is 18.3 Å². The molecule has 0 aromatic rings. The Kier molecular flexibility index (Phi) is 0.775. The predicted molar refractivity (Wildman–Crippen MR) is 34.0 cm³/mol. The highest BCUT2D eigenvalue weighted by Crippen LogP contribution is 2.31. The first-order chi connectivity index (χ1) is 3.97. The van der Waals surface area contributed by atoms with Crippen LogP contribution in [0.15, 0.2) is 16.3 Å². The van der Waals surface area contributed by atoms with E-state index in [0.29, 0.717) is 0 Å². The average molecular weight is 107 g/mol. The highest BCUT2D eigenvalue weighted by atomic mass is 14.8. The van der Waals surface area contributed by atoms with Gasteiger partial charge in [-0.05, 0) is 24.8 Å². The van der Waals surface area contributed by atoms with Crippen molar-refractivity contribution in [3.63, 3.8) is 0 Å². The van der Waals surface area contributed by atoms with Crippen LogP contribution >= 0.6 is 0 Å². The zero-order valence-electron chi connectivity index (χ0n) is 4.85. The predicted octanol–water partition coefficient (Wildman–Crippen LogP) is 1.90. The van der Waals surface area contributed by atoms with Crippen molar-refractivity contribution in [3.8, 4) is 0 Å². The summed E-state index contributed by atoms with van der Waals surface area (Å²) in [5, 5.41) is 0. The molecule has 0 amide bonds. The van der Waals surface area contributed by atoms with E-state index < -0.39 is 0 Å². The monoisotopic (exact) mass is 107 g/mol. The minimum absolute atomic E-state index is 1.15. The first-order valence-electron chi connectivity index (χ1n) is 3.20. The molecule has 0 aromatic carbocycles. The van der Waals surface area contributed by atoms with Crippen molar-refractivity contribution < 1.29 is 0 Å². The van der Waals surface area contributed by atoms with Gasteiger partial charge in [-0.25, -0.2) is 0 Å². The maximum absolute atomic E-state index is 4.25. The number of hydrogen-bond donors (Lipinski definition) is 0. The van der Waals surface area contributed by atoms with Crippen LogP contribution in [-0.4, -0.2) is 6.21 Å². The summed E-state index contributed by atoms with van der Waals surface area (Å²) >= 11 is 0. The number of rotatable bonds is 0. The molecule has 0 radical (unpaired) electrons. The quantitative estimate of drug-likeness (QED) is 0.448. The second kappa shape index (κ2) is 1.44. The Labute approximate surface area is 49.1 Å². The van der Waals surface area contributed by atoms with Gasteiger partial charge < -0.3 is 0 Å². The van der Waals surface area contributed by atoms with E-state index in [-0.39, 0.29) is 0 Å². The van der Waals surface area contributed by atoms with Crippen molar-refractivity contribution in [2.24, 2.45) is 4.99 Å². The van der Waals surface area contributed by atoms with Crippen molar-refractivity contribution in [2.45, 2.75) is 25.7 Å². The van der Waals surface area contributed by atoms with Crippen molar-refractivity contribution in [1.82, 2.24) is 0 Å². The fourth-order valence-electron chi connectivity index (χ4n) is 1.43. The Balaban J connectivity index is 2.33. The molecule has 42 valence electrons. The Morgan fingerprint density at radius 2 is 2.38 bits per heavy atom. The molecular weight excluding hydrogens is 98.1 g/mol. The molecule has 0 saturated heterocycles.